The van der Waals surface area contributed by atoms with E-state index in [1.807, 2.05) is 34.6 Å². The number of aliphatic hydroxyl groups excluding tert-OH is 1. The number of urea groups is 1. The molecule has 1 aromatic carbocycles. The van der Waals surface area contributed by atoms with Crippen LogP contribution in [-0.4, -0.2) is 76.9 Å². The smallest absolute Gasteiger partial charge is 0.341 e. The van der Waals surface area contributed by atoms with E-state index in [1.54, 1.807) is 4.90 Å². The summed E-state index contributed by atoms with van der Waals surface area (Å²) in [5, 5.41) is 12.6. The van der Waals surface area contributed by atoms with Gasteiger partial charge in [-0.15, -0.1) is 0 Å². The number of benzene rings is 1. The molecule has 198 valence electrons. The van der Waals surface area contributed by atoms with E-state index in [0.29, 0.717) is 49.3 Å². The van der Waals surface area contributed by atoms with Crippen LogP contribution in [0.15, 0.2) is 28.8 Å². The molecule has 4 N–H and O–H groups in total. The van der Waals surface area contributed by atoms with E-state index in [1.165, 1.54) is 6.07 Å². The number of carbonyl (C=O) groups excluding carboxylic acids is 2. The van der Waals surface area contributed by atoms with Crippen LogP contribution in [0, 0.1) is 17.0 Å². The lowest BCUT2D eigenvalue weighted by atomic mass is 9.86. The maximum Gasteiger partial charge on any atom is 0.341 e. The van der Waals surface area contributed by atoms with Gasteiger partial charge in [0.05, 0.1) is 11.8 Å². The number of amides is 3. The first-order chi connectivity index (χ1) is 16.8. The molecule has 3 amide bonds. The van der Waals surface area contributed by atoms with Gasteiger partial charge in [0.25, 0.3) is 0 Å². The third-order valence-corrected chi connectivity index (χ3v) is 6.72. The van der Waals surface area contributed by atoms with Crippen molar-refractivity contribution in [1.29, 1.82) is 0 Å². The van der Waals surface area contributed by atoms with Crippen molar-refractivity contribution < 1.29 is 23.5 Å². The quantitative estimate of drug-likeness (QED) is 0.583. The summed E-state index contributed by atoms with van der Waals surface area (Å²) in [6.45, 7) is 11.3. The van der Waals surface area contributed by atoms with Gasteiger partial charge in [0.2, 0.25) is 5.91 Å². The second-order valence-electron chi connectivity index (χ2n) is 10.9. The Kier molecular flexibility index (Phi) is 8.51. The monoisotopic (exact) mass is 505 g/mol. The number of nitrogens with one attached hydrogen (secondary N) is 1. The Morgan fingerprint density at radius 3 is 2.44 bits per heavy atom. The molecule has 2 atom stereocenters. The maximum atomic E-state index is 13.9. The Morgan fingerprint density at radius 2 is 1.89 bits per heavy atom. The van der Waals surface area contributed by atoms with Gasteiger partial charge in [-0.2, -0.15) is 4.99 Å². The molecule has 0 bridgehead atoms. The first kappa shape index (κ1) is 27.7. The molecule has 2 heterocycles. The minimum absolute atomic E-state index is 0.201. The third kappa shape index (κ3) is 6.47. The Balaban J connectivity index is 1.91. The van der Waals surface area contributed by atoms with E-state index in [9.17, 15) is 23.5 Å². The minimum atomic E-state index is -1.01. The van der Waals surface area contributed by atoms with Gasteiger partial charge in [-0.25, -0.2) is 13.6 Å². The number of carbonyl (C=O) groups is 2. The number of nitrogens with two attached hydrogens (primary N) is 1. The number of hydrogen-bond acceptors (Lipinski definition) is 5. The number of likely N-dealkylation sites (tertiary alicyclic amines) is 2. The van der Waals surface area contributed by atoms with E-state index in [2.05, 4.69) is 15.2 Å². The fourth-order valence-corrected chi connectivity index (χ4v) is 4.47. The SMILES string of the molecule is CC(C)N1CCC(=NC(=O)NC(C(=O)N2CCC(O)C2)C(C)(C)C)C(=C(N)c2ccc(F)c(F)c2)C1. The van der Waals surface area contributed by atoms with Crippen LogP contribution in [-0.2, 0) is 4.79 Å². The highest BCUT2D eigenvalue weighted by Crippen LogP contribution is 2.26. The molecule has 2 unspecified atom stereocenters. The van der Waals surface area contributed by atoms with Crippen molar-refractivity contribution in [1.82, 2.24) is 15.1 Å². The number of piperidine rings is 1. The molecule has 1 aromatic rings. The van der Waals surface area contributed by atoms with E-state index >= 15 is 0 Å². The summed E-state index contributed by atoms with van der Waals surface area (Å²) < 4.78 is 27.4. The van der Waals surface area contributed by atoms with Gasteiger partial charge in [0, 0.05) is 55.5 Å². The summed E-state index contributed by atoms with van der Waals surface area (Å²) >= 11 is 0. The Hall–Kier alpha value is -2.85. The number of aliphatic imine (C=N–C) groups is 1. The maximum absolute atomic E-state index is 13.9. The highest BCUT2D eigenvalue weighted by molar-refractivity contribution is 6.11. The van der Waals surface area contributed by atoms with Crippen molar-refractivity contribution in [2.75, 3.05) is 26.2 Å². The predicted octanol–water partition coefficient (Wildman–Crippen LogP) is 2.91. The molecular formula is C26H37F2N5O3. The molecule has 8 nitrogen and oxygen atoms in total. The van der Waals surface area contributed by atoms with Gasteiger partial charge >= 0.3 is 6.03 Å². The predicted molar refractivity (Wildman–Crippen MR) is 135 cm³/mol. The largest absolute Gasteiger partial charge is 0.398 e. The fourth-order valence-electron chi connectivity index (χ4n) is 4.47. The Morgan fingerprint density at radius 1 is 1.19 bits per heavy atom. The molecule has 0 radical (unpaired) electrons. The molecule has 36 heavy (non-hydrogen) atoms. The number of β-amino-alcohol motifs (C(OH)–C–C–N with tert-alkyl or cyclic N) is 1. The number of rotatable bonds is 4. The molecule has 2 aliphatic heterocycles. The van der Waals surface area contributed by atoms with E-state index in [4.69, 9.17) is 5.73 Å². The van der Waals surface area contributed by atoms with Gasteiger partial charge in [-0.05, 0) is 43.9 Å². The zero-order valence-corrected chi connectivity index (χ0v) is 21.6. The standard InChI is InChI=1S/C26H37F2N5O3/c1-15(2)32-11-9-21(18(14-32)22(29)16-6-7-19(27)20(28)12-16)30-25(36)31-23(26(3,4)5)24(35)33-10-8-17(34)13-33/h6-7,12,15,17,23,34H,8-11,13-14,29H2,1-5H3,(H,31,36). The van der Waals surface area contributed by atoms with Crippen LogP contribution in [0.1, 0.15) is 53.0 Å². The van der Waals surface area contributed by atoms with E-state index < -0.39 is 35.2 Å². The molecule has 10 heteroatoms. The van der Waals surface area contributed by atoms with Crippen molar-refractivity contribution in [3.05, 3.63) is 41.0 Å². The Bertz CT molecular complexity index is 1060. The molecule has 0 spiro atoms. The van der Waals surface area contributed by atoms with E-state index in [0.717, 1.165) is 12.1 Å². The van der Waals surface area contributed by atoms with Crippen molar-refractivity contribution >= 4 is 23.3 Å². The van der Waals surface area contributed by atoms with Crippen LogP contribution in [0.25, 0.3) is 5.70 Å². The van der Waals surface area contributed by atoms with Crippen molar-refractivity contribution in [2.24, 2.45) is 16.1 Å². The van der Waals surface area contributed by atoms with Gasteiger partial charge in [0.1, 0.15) is 6.04 Å². The van der Waals surface area contributed by atoms with Crippen LogP contribution in [0.5, 0.6) is 0 Å². The number of nitrogens with zero attached hydrogens (tertiary/aromatic N) is 3. The lowest BCUT2D eigenvalue weighted by Gasteiger charge is -2.34. The number of aliphatic hydroxyl groups is 1. The average molecular weight is 506 g/mol. The molecule has 0 aromatic heterocycles. The van der Waals surface area contributed by atoms with Gasteiger partial charge in [-0.1, -0.05) is 20.8 Å². The molecular weight excluding hydrogens is 468 g/mol. The highest BCUT2D eigenvalue weighted by atomic mass is 19.2. The van der Waals surface area contributed by atoms with Crippen molar-refractivity contribution in [2.45, 2.75) is 65.6 Å². The fraction of sp³-hybridized carbons (Fsp3) is 0.577. The van der Waals surface area contributed by atoms with Crippen LogP contribution < -0.4 is 11.1 Å². The lowest BCUT2D eigenvalue weighted by molar-refractivity contribution is -0.135. The molecule has 2 fully saturated rings. The van der Waals surface area contributed by atoms with Gasteiger partial charge in [0.15, 0.2) is 11.6 Å². The topological polar surface area (TPSA) is 111 Å². The van der Waals surface area contributed by atoms with Crippen LogP contribution in [0.3, 0.4) is 0 Å². The van der Waals surface area contributed by atoms with Gasteiger partial charge < -0.3 is 21.1 Å². The minimum Gasteiger partial charge on any atom is -0.398 e. The summed E-state index contributed by atoms with van der Waals surface area (Å²) in [5.74, 6) is -2.25. The second kappa shape index (κ2) is 11.0. The molecule has 2 saturated heterocycles. The first-order valence-corrected chi connectivity index (χ1v) is 12.3. The molecule has 2 aliphatic rings. The van der Waals surface area contributed by atoms with Crippen molar-refractivity contribution in [3.63, 3.8) is 0 Å². The molecule has 0 aliphatic carbocycles. The lowest BCUT2D eigenvalue weighted by Crippen LogP contribution is -2.54. The number of hydrogen-bond donors (Lipinski definition) is 3. The number of halogens is 2. The van der Waals surface area contributed by atoms with E-state index in [-0.39, 0.29) is 24.2 Å². The second-order valence-corrected chi connectivity index (χ2v) is 10.9. The summed E-state index contributed by atoms with van der Waals surface area (Å²) in [5.41, 5.74) is 7.35. The third-order valence-electron chi connectivity index (χ3n) is 6.72. The zero-order valence-electron chi connectivity index (χ0n) is 21.6. The molecule has 3 rings (SSSR count). The zero-order chi connectivity index (χ0) is 26.8. The summed E-state index contributed by atoms with van der Waals surface area (Å²) in [6, 6.07) is 2.12. The van der Waals surface area contributed by atoms with Crippen LogP contribution in [0.4, 0.5) is 13.6 Å². The molecule has 0 saturated carbocycles. The summed E-state index contributed by atoms with van der Waals surface area (Å²) in [4.78, 5) is 34.2. The van der Waals surface area contributed by atoms with Crippen LogP contribution in [0.2, 0.25) is 0 Å². The van der Waals surface area contributed by atoms with Crippen LogP contribution >= 0.6 is 0 Å². The normalized spacial score (nSPS) is 22.8. The summed E-state index contributed by atoms with van der Waals surface area (Å²) in [6.07, 6.45) is 0.365. The highest BCUT2D eigenvalue weighted by Gasteiger charge is 2.38. The van der Waals surface area contributed by atoms with Gasteiger partial charge in [-0.3, -0.25) is 9.69 Å². The van der Waals surface area contributed by atoms with Crippen molar-refractivity contribution in [3.8, 4) is 0 Å². The average Bonchev–Trinajstić information content (AvgIpc) is 3.24. The first-order valence-electron chi connectivity index (χ1n) is 12.3. The Labute approximate surface area is 211 Å². The summed E-state index contributed by atoms with van der Waals surface area (Å²) in [7, 11) is 0.